The molecule has 0 saturated heterocycles. The first-order valence-corrected chi connectivity index (χ1v) is 6.11. The molecule has 1 aromatic heterocycles. The summed E-state index contributed by atoms with van der Waals surface area (Å²) >= 11 is 0. The van der Waals surface area contributed by atoms with E-state index in [1.807, 2.05) is 24.3 Å². The molecular weight excluding hydrogens is 254 g/mol. The number of hydrogen-bond acceptors (Lipinski definition) is 4. The van der Waals surface area contributed by atoms with Crippen LogP contribution in [0, 0.1) is 0 Å². The van der Waals surface area contributed by atoms with E-state index in [4.69, 9.17) is 14.2 Å². The Hall–Kier alpha value is -2.49. The van der Waals surface area contributed by atoms with Crippen molar-refractivity contribution >= 4 is 5.57 Å². The number of aromatic nitrogens is 1. The third kappa shape index (κ3) is 2.59. The molecule has 0 N–H and O–H groups in total. The minimum absolute atomic E-state index is 0.567. The van der Waals surface area contributed by atoms with Crippen molar-refractivity contribution < 1.29 is 14.2 Å². The maximum atomic E-state index is 5.34. The zero-order chi connectivity index (χ0) is 14.5. The fraction of sp³-hybridized carbons (Fsp3) is 0.188. The molecule has 0 radical (unpaired) electrons. The van der Waals surface area contributed by atoms with E-state index in [-0.39, 0.29) is 0 Å². The van der Waals surface area contributed by atoms with Crippen molar-refractivity contribution in [3.05, 3.63) is 54.4 Å². The van der Waals surface area contributed by atoms with Gasteiger partial charge >= 0.3 is 0 Å². The number of ether oxygens (including phenoxy) is 3. The van der Waals surface area contributed by atoms with Gasteiger partial charge in [-0.05, 0) is 34.9 Å². The minimum Gasteiger partial charge on any atom is -0.493 e. The van der Waals surface area contributed by atoms with Crippen LogP contribution >= 0.6 is 0 Å². The topological polar surface area (TPSA) is 40.6 Å². The molecular formula is C16H17NO3. The van der Waals surface area contributed by atoms with Crippen molar-refractivity contribution in [3.63, 3.8) is 0 Å². The fourth-order valence-electron chi connectivity index (χ4n) is 1.96. The van der Waals surface area contributed by atoms with Gasteiger partial charge in [-0.3, -0.25) is 4.98 Å². The van der Waals surface area contributed by atoms with Crippen LogP contribution in [0.3, 0.4) is 0 Å². The Morgan fingerprint density at radius 3 is 2.10 bits per heavy atom. The number of methoxy groups -OCH3 is 3. The summed E-state index contributed by atoms with van der Waals surface area (Å²) in [6.07, 6.45) is 3.50. The van der Waals surface area contributed by atoms with Crippen molar-refractivity contribution in [2.24, 2.45) is 0 Å². The highest BCUT2D eigenvalue weighted by Gasteiger charge is 2.15. The summed E-state index contributed by atoms with van der Waals surface area (Å²) in [7, 11) is 4.76. The average molecular weight is 271 g/mol. The highest BCUT2D eigenvalue weighted by Crippen LogP contribution is 2.40. The molecule has 2 rings (SSSR count). The van der Waals surface area contributed by atoms with E-state index in [2.05, 4.69) is 11.6 Å². The molecule has 0 unspecified atom stereocenters. The largest absolute Gasteiger partial charge is 0.493 e. The molecule has 0 aliphatic rings. The first-order valence-electron chi connectivity index (χ1n) is 6.11. The van der Waals surface area contributed by atoms with E-state index in [1.54, 1.807) is 33.7 Å². The molecule has 0 atom stereocenters. The van der Waals surface area contributed by atoms with Gasteiger partial charge in [0.25, 0.3) is 0 Å². The van der Waals surface area contributed by atoms with Crippen molar-refractivity contribution in [1.29, 1.82) is 0 Å². The minimum atomic E-state index is 0.567. The van der Waals surface area contributed by atoms with Crippen molar-refractivity contribution in [2.45, 2.75) is 0 Å². The number of pyridine rings is 1. The zero-order valence-corrected chi connectivity index (χ0v) is 11.8. The molecule has 0 fully saturated rings. The van der Waals surface area contributed by atoms with Crippen molar-refractivity contribution in [2.75, 3.05) is 21.3 Å². The second-order valence-electron chi connectivity index (χ2n) is 4.13. The Balaban J connectivity index is 2.50. The van der Waals surface area contributed by atoms with Gasteiger partial charge in [-0.2, -0.15) is 0 Å². The fourth-order valence-corrected chi connectivity index (χ4v) is 1.96. The molecule has 20 heavy (non-hydrogen) atoms. The number of nitrogens with zero attached hydrogens (tertiary/aromatic N) is 1. The highest BCUT2D eigenvalue weighted by molar-refractivity contribution is 5.80. The first kappa shape index (κ1) is 13.9. The first-order chi connectivity index (χ1) is 9.71. The number of benzene rings is 1. The van der Waals surface area contributed by atoms with Crippen LogP contribution < -0.4 is 14.2 Å². The predicted octanol–water partition coefficient (Wildman–Crippen LogP) is 3.17. The van der Waals surface area contributed by atoms with Crippen molar-refractivity contribution in [3.8, 4) is 17.2 Å². The lowest BCUT2D eigenvalue weighted by Crippen LogP contribution is -1.97. The van der Waals surface area contributed by atoms with Crippen molar-refractivity contribution in [1.82, 2.24) is 4.98 Å². The van der Waals surface area contributed by atoms with Crippen LogP contribution in [0.5, 0.6) is 17.2 Å². The standard InChI is InChI=1S/C16H17NO3/c1-11(12-6-5-7-17-10-12)13-8-14(18-2)16(20-4)15(9-13)19-3/h5-10H,1H2,2-4H3. The van der Waals surface area contributed by atoms with E-state index in [0.717, 1.165) is 16.7 Å². The van der Waals surface area contributed by atoms with Gasteiger partial charge in [-0.25, -0.2) is 0 Å². The number of hydrogen-bond donors (Lipinski definition) is 0. The summed E-state index contributed by atoms with van der Waals surface area (Å²) in [5.41, 5.74) is 2.69. The maximum absolute atomic E-state index is 5.34. The molecule has 0 amide bonds. The Morgan fingerprint density at radius 2 is 1.65 bits per heavy atom. The van der Waals surface area contributed by atoms with Gasteiger partial charge in [0.05, 0.1) is 21.3 Å². The third-order valence-corrected chi connectivity index (χ3v) is 3.02. The lowest BCUT2D eigenvalue weighted by atomic mass is 10.0. The summed E-state index contributed by atoms with van der Waals surface area (Å²) in [6.45, 7) is 4.11. The second-order valence-corrected chi connectivity index (χ2v) is 4.13. The molecule has 0 bridgehead atoms. The predicted molar refractivity (Wildman–Crippen MR) is 78.5 cm³/mol. The monoisotopic (exact) mass is 271 g/mol. The maximum Gasteiger partial charge on any atom is 0.203 e. The van der Waals surface area contributed by atoms with E-state index in [0.29, 0.717) is 17.2 Å². The summed E-state index contributed by atoms with van der Waals surface area (Å²) in [6, 6.07) is 7.57. The average Bonchev–Trinajstić information content (AvgIpc) is 2.53. The van der Waals surface area contributed by atoms with Gasteiger partial charge in [0.2, 0.25) is 5.75 Å². The third-order valence-electron chi connectivity index (χ3n) is 3.02. The van der Waals surface area contributed by atoms with E-state index in [1.165, 1.54) is 0 Å². The molecule has 4 heteroatoms. The lowest BCUT2D eigenvalue weighted by molar-refractivity contribution is 0.324. The van der Waals surface area contributed by atoms with Gasteiger partial charge < -0.3 is 14.2 Å². The Bertz CT molecular complexity index is 583. The van der Waals surface area contributed by atoms with E-state index >= 15 is 0 Å². The van der Waals surface area contributed by atoms with E-state index in [9.17, 15) is 0 Å². The van der Waals surface area contributed by atoms with E-state index < -0.39 is 0 Å². The van der Waals surface area contributed by atoms with Gasteiger partial charge in [0.15, 0.2) is 11.5 Å². The Morgan fingerprint density at radius 1 is 1.00 bits per heavy atom. The van der Waals surface area contributed by atoms with Crippen LogP contribution in [0.2, 0.25) is 0 Å². The highest BCUT2D eigenvalue weighted by atomic mass is 16.5. The van der Waals surface area contributed by atoms with Gasteiger partial charge in [0, 0.05) is 12.4 Å². The molecule has 0 spiro atoms. The van der Waals surface area contributed by atoms with Crippen LogP contribution in [0.25, 0.3) is 5.57 Å². The molecule has 1 aromatic carbocycles. The van der Waals surface area contributed by atoms with Crippen LogP contribution in [0.4, 0.5) is 0 Å². The summed E-state index contributed by atoms with van der Waals surface area (Å²) < 4.78 is 16.0. The molecule has 1 heterocycles. The van der Waals surface area contributed by atoms with Crippen LogP contribution in [-0.2, 0) is 0 Å². The molecule has 0 aliphatic heterocycles. The molecule has 0 aliphatic carbocycles. The van der Waals surface area contributed by atoms with Crippen LogP contribution in [0.15, 0.2) is 43.2 Å². The smallest absolute Gasteiger partial charge is 0.203 e. The SMILES string of the molecule is C=C(c1cccnc1)c1cc(OC)c(OC)c(OC)c1. The van der Waals surface area contributed by atoms with Gasteiger partial charge in [-0.15, -0.1) is 0 Å². The second kappa shape index (κ2) is 6.10. The Labute approximate surface area is 118 Å². The quantitative estimate of drug-likeness (QED) is 0.837. The van der Waals surface area contributed by atoms with Crippen LogP contribution in [0.1, 0.15) is 11.1 Å². The Kier molecular flexibility index (Phi) is 4.25. The lowest BCUT2D eigenvalue weighted by Gasteiger charge is -2.15. The molecule has 104 valence electrons. The molecule has 4 nitrogen and oxygen atoms in total. The molecule has 0 saturated carbocycles. The van der Waals surface area contributed by atoms with Crippen LogP contribution in [-0.4, -0.2) is 26.3 Å². The van der Waals surface area contributed by atoms with Gasteiger partial charge in [-0.1, -0.05) is 12.6 Å². The summed E-state index contributed by atoms with van der Waals surface area (Å²) in [5, 5.41) is 0. The normalized spacial score (nSPS) is 9.95. The van der Waals surface area contributed by atoms with Gasteiger partial charge in [0.1, 0.15) is 0 Å². The molecule has 2 aromatic rings. The summed E-state index contributed by atoms with van der Waals surface area (Å²) in [4.78, 5) is 4.10. The summed E-state index contributed by atoms with van der Waals surface area (Å²) in [5.74, 6) is 1.77. The zero-order valence-electron chi connectivity index (χ0n) is 11.8. The number of rotatable bonds is 5.